The smallest absolute Gasteiger partial charge is 0.120 e. The van der Waals surface area contributed by atoms with E-state index in [0.29, 0.717) is 0 Å². The van der Waals surface area contributed by atoms with Gasteiger partial charge in [0.2, 0.25) is 0 Å². The molecule has 0 amide bonds. The first kappa shape index (κ1) is 15.5. The molecule has 0 saturated carbocycles. The Morgan fingerprint density at radius 3 is 2.47 bits per heavy atom. The second kappa shape index (κ2) is 8.62. The number of ether oxygens (including phenoxy) is 2. The van der Waals surface area contributed by atoms with Crippen LogP contribution in [0.5, 0.6) is 5.75 Å². The van der Waals surface area contributed by atoms with E-state index in [1.54, 1.807) is 7.11 Å². The molecule has 0 unspecified atom stereocenters. The molecule has 0 N–H and O–H groups in total. The molecule has 2 rings (SSSR count). The van der Waals surface area contributed by atoms with Crippen LogP contribution in [0, 0.1) is 10.8 Å². The minimum Gasteiger partial charge on any atom is -0.497 e. The van der Waals surface area contributed by atoms with Crippen LogP contribution in [0.2, 0.25) is 0 Å². The van der Waals surface area contributed by atoms with Crippen LogP contribution in [0.3, 0.4) is 0 Å². The van der Waals surface area contributed by atoms with E-state index in [0.717, 1.165) is 32.1 Å². The van der Waals surface area contributed by atoms with Gasteiger partial charge in [-0.3, -0.25) is 0 Å². The van der Waals surface area contributed by atoms with E-state index in [-0.39, 0.29) is 12.4 Å². The first-order chi connectivity index (χ1) is 7.90. The third-order valence-electron chi connectivity index (χ3n) is 2.43. The van der Waals surface area contributed by atoms with Crippen molar-refractivity contribution in [1.29, 1.82) is 10.8 Å². The van der Waals surface area contributed by atoms with Gasteiger partial charge < -0.3 is 14.4 Å². The molecule has 5 nitrogen and oxygen atoms in total. The first-order valence-corrected chi connectivity index (χ1v) is 5.07. The van der Waals surface area contributed by atoms with Gasteiger partial charge in [0.05, 0.1) is 20.3 Å². The van der Waals surface area contributed by atoms with Crippen molar-refractivity contribution in [2.75, 3.05) is 38.3 Å². The molecule has 1 aliphatic rings. The van der Waals surface area contributed by atoms with Crippen LogP contribution >= 0.6 is 12.4 Å². The number of nitrogens with zero attached hydrogens (tertiary/aromatic N) is 3. The first-order valence-electron chi connectivity index (χ1n) is 5.07. The standard InChI is InChI=1S/C11H15NO2.ClH.N2/c1-13-11-4-2-3-10(9-11)12-5-7-14-8-6-12;;1-2/h2-4,9H,5-8H2,1H3;1H;. The summed E-state index contributed by atoms with van der Waals surface area (Å²) >= 11 is 0. The zero-order valence-corrected chi connectivity index (χ0v) is 10.5. The number of benzene rings is 1. The highest BCUT2D eigenvalue weighted by molar-refractivity contribution is 5.85. The predicted octanol–water partition coefficient (Wildman–Crippen LogP) is 1.98. The van der Waals surface area contributed by atoms with Crippen LogP contribution < -0.4 is 9.64 Å². The molecule has 0 bridgehead atoms. The molecule has 1 saturated heterocycles. The Balaban J connectivity index is 0.000000811. The van der Waals surface area contributed by atoms with Crippen molar-refractivity contribution in [1.82, 2.24) is 0 Å². The molecule has 6 heteroatoms. The number of anilines is 1. The fourth-order valence-electron chi connectivity index (χ4n) is 1.63. The Bertz CT molecular complexity index is 340. The number of hydrogen-bond donors (Lipinski definition) is 0. The van der Waals surface area contributed by atoms with Crippen molar-refractivity contribution in [3.63, 3.8) is 0 Å². The van der Waals surface area contributed by atoms with Gasteiger partial charge in [0, 0.05) is 35.6 Å². The summed E-state index contributed by atoms with van der Waals surface area (Å²) in [7, 11) is 1.69. The van der Waals surface area contributed by atoms with Gasteiger partial charge in [-0.05, 0) is 12.1 Å². The number of methoxy groups -OCH3 is 1. The van der Waals surface area contributed by atoms with E-state index < -0.39 is 0 Å². The third-order valence-corrected chi connectivity index (χ3v) is 2.43. The van der Waals surface area contributed by atoms with E-state index in [2.05, 4.69) is 17.0 Å². The number of hydrogen-bond acceptors (Lipinski definition) is 5. The van der Waals surface area contributed by atoms with Gasteiger partial charge in [0.15, 0.2) is 0 Å². The Kier molecular flexibility index (Phi) is 7.85. The lowest BCUT2D eigenvalue weighted by molar-refractivity contribution is 0.122. The lowest BCUT2D eigenvalue weighted by atomic mass is 10.2. The predicted molar refractivity (Wildman–Crippen MR) is 66.7 cm³/mol. The van der Waals surface area contributed by atoms with Crippen molar-refractivity contribution < 1.29 is 9.47 Å². The van der Waals surface area contributed by atoms with Crippen molar-refractivity contribution >= 4 is 18.1 Å². The minimum absolute atomic E-state index is 0. The maximum atomic E-state index is 6.00. The summed E-state index contributed by atoms with van der Waals surface area (Å²) < 4.78 is 10.5. The quantitative estimate of drug-likeness (QED) is 0.758. The fourth-order valence-corrected chi connectivity index (χ4v) is 1.63. The van der Waals surface area contributed by atoms with Crippen molar-refractivity contribution in [2.24, 2.45) is 0 Å². The van der Waals surface area contributed by atoms with E-state index in [1.807, 2.05) is 12.1 Å². The van der Waals surface area contributed by atoms with Gasteiger partial charge in [0.1, 0.15) is 5.75 Å². The van der Waals surface area contributed by atoms with Crippen LogP contribution in [0.1, 0.15) is 0 Å². The average Bonchev–Trinajstić information content (AvgIpc) is 2.42. The molecular formula is C11H16ClN3O2. The van der Waals surface area contributed by atoms with E-state index >= 15 is 0 Å². The molecular weight excluding hydrogens is 242 g/mol. The molecule has 1 heterocycles. The average molecular weight is 258 g/mol. The van der Waals surface area contributed by atoms with Gasteiger partial charge in [-0.15, -0.1) is 12.4 Å². The van der Waals surface area contributed by atoms with Crippen LogP contribution in [-0.4, -0.2) is 33.4 Å². The molecule has 0 aromatic heterocycles. The van der Waals surface area contributed by atoms with Crippen molar-refractivity contribution in [3.8, 4) is 5.75 Å². The summed E-state index contributed by atoms with van der Waals surface area (Å²) in [5, 5.41) is 12.0. The maximum Gasteiger partial charge on any atom is 0.120 e. The Morgan fingerprint density at radius 1 is 1.24 bits per heavy atom. The molecule has 0 spiro atoms. The van der Waals surface area contributed by atoms with E-state index in [1.165, 1.54) is 5.69 Å². The summed E-state index contributed by atoms with van der Waals surface area (Å²) in [5.74, 6) is 0.911. The Morgan fingerprint density at radius 2 is 1.88 bits per heavy atom. The number of rotatable bonds is 2. The molecule has 1 aromatic rings. The van der Waals surface area contributed by atoms with E-state index in [4.69, 9.17) is 20.3 Å². The largest absolute Gasteiger partial charge is 0.497 e. The normalized spacial score (nSPS) is 13.9. The molecule has 17 heavy (non-hydrogen) atoms. The van der Waals surface area contributed by atoms with Gasteiger partial charge in [-0.25, -0.2) is 0 Å². The van der Waals surface area contributed by atoms with Crippen LogP contribution in [0.15, 0.2) is 24.3 Å². The molecule has 1 aromatic carbocycles. The summed E-state index contributed by atoms with van der Waals surface area (Å²) in [6, 6.07) is 8.15. The summed E-state index contributed by atoms with van der Waals surface area (Å²) in [4.78, 5) is 2.31. The van der Waals surface area contributed by atoms with Crippen LogP contribution in [0.25, 0.3) is 0 Å². The fraction of sp³-hybridized carbons (Fsp3) is 0.455. The lowest BCUT2D eigenvalue weighted by Gasteiger charge is -2.28. The molecule has 94 valence electrons. The highest BCUT2D eigenvalue weighted by Gasteiger charge is 2.10. The molecule has 1 aliphatic heterocycles. The maximum absolute atomic E-state index is 6.00. The molecule has 0 aliphatic carbocycles. The number of halogens is 1. The molecule has 0 radical (unpaired) electrons. The Labute approximate surface area is 107 Å². The molecule has 1 fully saturated rings. The van der Waals surface area contributed by atoms with Gasteiger partial charge in [-0.1, -0.05) is 6.07 Å². The summed E-state index contributed by atoms with van der Waals surface area (Å²) in [6.45, 7) is 3.56. The van der Waals surface area contributed by atoms with Gasteiger partial charge in [-0.2, -0.15) is 0 Å². The van der Waals surface area contributed by atoms with E-state index in [9.17, 15) is 0 Å². The second-order valence-electron chi connectivity index (χ2n) is 3.30. The highest BCUT2D eigenvalue weighted by atomic mass is 35.5. The monoisotopic (exact) mass is 257 g/mol. The second-order valence-corrected chi connectivity index (χ2v) is 3.30. The minimum atomic E-state index is 0. The number of morpholine rings is 1. The topological polar surface area (TPSA) is 69.3 Å². The summed E-state index contributed by atoms with van der Waals surface area (Å²) in [5.41, 5.74) is 1.22. The third kappa shape index (κ3) is 4.47. The van der Waals surface area contributed by atoms with Gasteiger partial charge in [0.25, 0.3) is 0 Å². The zero-order valence-electron chi connectivity index (χ0n) is 9.70. The highest BCUT2D eigenvalue weighted by Crippen LogP contribution is 2.21. The zero-order chi connectivity index (χ0) is 11.8. The van der Waals surface area contributed by atoms with Gasteiger partial charge >= 0.3 is 0 Å². The van der Waals surface area contributed by atoms with Crippen LogP contribution in [0.4, 0.5) is 5.69 Å². The van der Waals surface area contributed by atoms with Crippen molar-refractivity contribution in [2.45, 2.75) is 0 Å². The summed E-state index contributed by atoms with van der Waals surface area (Å²) in [6.07, 6.45) is 0. The van der Waals surface area contributed by atoms with Crippen LogP contribution in [-0.2, 0) is 4.74 Å². The Hall–Kier alpha value is -1.51. The lowest BCUT2D eigenvalue weighted by Crippen LogP contribution is -2.36. The SMILES string of the molecule is COc1cccc(N2CCOCC2)c1.Cl.N#N. The molecule has 0 atom stereocenters. The van der Waals surface area contributed by atoms with Crippen molar-refractivity contribution in [3.05, 3.63) is 24.3 Å².